The van der Waals surface area contributed by atoms with Crippen LogP contribution >= 0.6 is 0 Å². The summed E-state index contributed by atoms with van der Waals surface area (Å²) in [6, 6.07) is 1.38. The predicted molar refractivity (Wildman–Crippen MR) is 32.6 cm³/mol. The number of hydrogen-bond acceptors (Lipinski definition) is 3. The highest BCUT2D eigenvalue weighted by Crippen LogP contribution is 2.05. The number of amides is 1. The summed E-state index contributed by atoms with van der Waals surface area (Å²) in [5.41, 5.74) is 5.03. The second kappa shape index (κ2) is 2.34. The fraction of sp³-hybridized carbons (Fsp3) is 0. The molecule has 1 amide bonds. The summed E-state index contributed by atoms with van der Waals surface area (Å²) >= 11 is 0. The molecular formula is C6H5NO3. The zero-order valence-corrected chi connectivity index (χ0v) is 5.03. The van der Waals surface area contributed by atoms with E-state index in [4.69, 9.17) is 5.73 Å². The molecule has 1 rings (SSSR count). The van der Waals surface area contributed by atoms with E-state index in [1.807, 2.05) is 0 Å². The summed E-state index contributed by atoms with van der Waals surface area (Å²) in [6.07, 6.45) is 1.76. The molecule has 52 valence electrons. The number of primary amides is 1. The van der Waals surface area contributed by atoms with E-state index >= 15 is 0 Å². The highest BCUT2D eigenvalue weighted by molar-refractivity contribution is 5.97. The van der Waals surface area contributed by atoms with Crippen LogP contribution in [0.3, 0.4) is 0 Å². The van der Waals surface area contributed by atoms with E-state index in [2.05, 4.69) is 4.42 Å². The highest BCUT2D eigenvalue weighted by atomic mass is 16.3. The van der Waals surface area contributed by atoms with E-state index < -0.39 is 5.91 Å². The van der Waals surface area contributed by atoms with Crippen LogP contribution in [-0.2, 0) is 0 Å². The molecule has 0 unspecified atom stereocenters. The molecule has 1 heterocycles. The SMILES string of the molecule is NC(=O)c1occc1C=O. The van der Waals surface area contributed by atoms with Crippen LogP contribution in [0.2, 0.25) is 0 Å². The Kier molecular flexibility index (Phi) is 1.53. The minimum absolute atomic E-state index is 0.0880. The van der Waals surface area contributed by atoms with Gasteiger partial charge in [0.25, 0.3) is 5.91 Å². The molecule has 0 saturated heterocycles. The second-order valence-corrected chi connectivity index (χ2v) is 1.69. The molecule has 0 aliphatic rings. The molecule has 10 heavy (non-hydrogen) atoms. The summed E-state index contributed by atoms with van der Waals surface area (Å²) in [4.78, 5) is 20.5. The van der Waals surface area contributed by atoms with Gasteiger partial charge in [-0.25, -0.2) is 0 Å². The first-order chi connectivity index (χ1) is 4.75. The number of furan rings is 1. The number of hydrogen-bond donors (Lipinski definition) is 1. The van der Waals surface area contributed by atoms with Crippen molar-refractivity contribution in [2.45, 2.75) is 0 Å². The first-order valence-electron chi connectivity index (χ1n) is 2.58. The van der Waals surface area contributed by atoms with Gasteiger partial charge in [0, 0.05) is 0 Å². The smallest absolute Gasteiger partial charge is 0.285 e. The van der Waals surface area contributed by atoms with Crippen molar-refractivity contribution >= 4 is 12.2 Å². The van der Waals surface area contributed by atoms with Gasteiger partial charge in [-0.2, -0.15) is 0 Å². The zero-order chi connectivity index (χ0) is 7.56. The lowest BCUT2D eigenvalue weighted by Crippen LogP contribution is -2.11. The molecule has 2 N–H and O–H groups in total. The Hall–Kier alpha value is -1.58. The van der Waals surface area contributed by atoms with E-state index in [1.165, 1.54) is 12.3 Å². The third-order valence-electron chi connectivity index (χ3n) is 1.05. The van der Waals surface area contributed by atoms with Crippen molar-refractivity contribution in [2.24, 2.45) is 5.73 Å². The van der Waals surface area contributed by atoms with Crippen molar-refractivity contribution in [1.82, 2.24) is 0 Å². The lowest BCUT2D eigenvalue weighted by atomic mass is 10.3. The van der Waals surface area contributed by atoms with Gasteiger partial charge in [-0.1, -0.05) is 0 Å². The zero-order valence-electron chi connectivity index (χ0n) is 5.03. The van der Waals surface area contributed by atoms with Crippen LogP contribution in [0.15, 0.2) is 16.7 Å². The van der Waals surface area contributed by atoms with E-state index in [9.17, 15) is 9.59 Å². The molecule has 0 atom stereocenters. The van der Waals surface area contributed by atoms with Gasteiger partial charge in [-0.15, -0.1) is 0 Å². The van der Waals surface area contributed by atoms with E-state index in [-0.39, 0.29) is 11.3 Å². The van der Waals surface area contributed by atoms with Crippen molar-refractivity contribution in [3.05, 3.63) is 23.7 Å². The normalized spacial score (nSPS) is 9.20. The minimum Gasteiger partial charge on any atom is -0.458 e. The van der Waals surface area contributed by atoms with Crippen LogP contribution in [0.1, 0.15) is 20.9 Å². The van der Waals surface area contributed by atoms with Crippen LogP contribution < -0.4 is 5.73 Å². The fourth-order valence-corrected chi connectivity index (χ4v) is 0.612. The third-order valence-corrected chi connectivity index (χ3v) is 1.05. The Labute approximate surface area is 56.6 Å². The van der Waals surface area contributed by atoms with Gasteiger partial charge in [0.15, 0.2) is 6.29 Å². The van der Waals surface area contributed by atoms with Gasteiger partial charge < -0.3 is 10.2 Å². The summed E-state index contributed by atoms with van der Waals surface area (Å²) in [5.74, 6) is -0.817. The molecule has 0 aliphatic heterocycles. The molecule has 0 aromatic carbocycles. The molecule has 0 saturated carbocycles. The molecule has 0 spiro atoms. The van der Waals surface area contributed by atoms with Gasteiger partial charge in [0.1, 0.15) is 0 Å². The number of carbonyl (C=O) groups is 2. The van der Waals surface area contributed by atoms with E-state index in [1.54, 1.807) is 0 Å². The Morgan fingerprint density at radius 3 is 2.80 bits per heavy atom. The quantitative estimate of drug-likeness (QED) is 0.594. The molecule has 1 aromatic rings. The van der Waals surface area contributed by atoms with E-state index in [0.717, 1.165) is 0 Å². The van der Waals surface area contributed by atoms with Crippen LogP contribution in [-0.4, -0.2) is 12.2 Å². The monoisotopic (exact) mass is 139 g/mol. The van der Waals surface area contributed by atoms with Gasteiger partial charge in [0.2, 0.25) is 5.76 Å². The van der Waals surface area contributed by atoms with Crippen LogP contribution in [0, 0.1) is 0 Å². The van der Waals surface area contributed by atoms with Crippen molar-refractivity contribution in [1.29, 1.82) is 0 Å². The van der Waals surface area contributed by atoms with E-state index in [0.29, 0.717) is 6.29 Å². The average Bonchev–Trinajstić information content (AvgIpc) is 2.33. The number of rotatable bonds is 2. The van der Waals surface area contributed by atoms with Gasteiger partial charge >= 0.3 is 0 Å². The second-order valence-electron chi connectivity index (χ2n) is 1.69. The molecule has 0 aliphatic carbocycles. The maximum absolute atomic E-state index is 10.4. The van der Waals surface area contributed by atoms with Crippen LogP contribution in [0.5, 0.6) is 0 Å². The Balaban J connectivity index is 3.13. The molecule has 0 radical (unpaired) electrons. The van der Waals surface area contributed by atoms with Crippen molar-refractivity contribution in [2.75, 3.05) is 0 Å². The Bertz CT molecular complexity index is 264. The number of carbonyl (C=O) groups excluding carboxylic acids is 2. The number of aldehydes is 1. The maximum atomic E-state index is 10.4. The lowest BCUT2D eigenvalue weighted by Gasteiger charge is -1.86. The molecule has 4 heteroatoms. The average molecular weight is 139 g/mol. The summed E-state index contributed by atoms with van der Waals surface area (Å²) in [5, 5.41) is 0. The highest BCUT2D eigenvalue weighted by Gasteiger charge is 2.09. The predicted octanol–water partition coefficient (Wildman–Crippen LogP) is 0.191. The first-order valence-corrected chi connectivity index (χ1v) is 2.58. The third kappa shape index (κ3) is 0.907. The first kappa shape index (κ1) is 6.54. The molecule has 0 bridgehead atoms. The van der Waals surface area contributed by atoms with Gasteiger partial charge in [-0.3, -0.25) is 9.59 Å². The fourth-order valence-electron chi connectivity index (χ4n) is 0.612. The van der Waals surface area contributed by atoms with Crippen molar-refractivity contribution in [3.8, 4) is 0 Å². The minimum atomic E-state index is -0.730. The number of nitrogens with two attached hydrogens (primary N) is 1. The molecule has 1 aromatic heterocycles. The van der Waals surface area contributed by atoms with Gasteiger partial charge in [0.05, 0.1) is 11.8 Å². The molecule has 0 fully saturated rings. The van der Waals surface area contributed by atoms with Crippen molar-refractivity contribution in [3.63, 3.8) is 0 Å². The van der Waals surface area contributed by atoms with Crippen LogP contribution in [0.4, 0.5) is 0 Å². The molecular weight excluding hydrogens is 134 g/mol. The maximum Gasteiger partial charge on any atom is 0.285 e. The topological polar surface area (TPSA) is 73.3 Å². The summed E-state index contributed by atoms with van der Waals surface area (Å²) in [6.45, 7) is 0. The summed E-state index contributed by atoms with van der Waals surface area (Å²) < 4.78 is 4.61. The Morgan fingerprint density at radius 1 is 1.70 bits per heavy atom. The molecule has 4 nitrogen and oxygen atoms in total. The largest absolute Gasteiger partial charge is 0.458 e. The van der Waals surface area contributed by atoms with Crippen molar-refractivity contribution < 1.29 is 14.0 Å². The van der Waals surface area contributed by atoms with Crippen LogP contribution in [0.25, 0.3) is 0 Å². The lowest BCUT2D eigenvalue weighted by molar-refractivity contribution is 0.0966. The Morgan fingerprint density at radius 2 is 2.40 bits per heavy atom. The standard InChI is InChI=1S/C6H5NO3/c7-6(9)5-4(3-8)1-2-10-5/h1-3H,(H2,7,9). The van der Waals surface area contributed by atoms with Gasteiger partial charge in [-0.05, 0) is 6.07 Å². The summed E-state index contributed by atoms with van der Waals surface area (Å²) in [7, 11) is 0.